The van der Waals surface area contributed by atoms with Crippen LogP contribution in [0.25, 0.3) is 0 Å². The van der Waals surface area contributed by atoms with Gasteiger partial charge in [-0.05, 0) is 41.5 Å². The van der Waals surface area contributed by atoms with E-state index >= 15 is 0 Å². The van der Waals surface area contributed by atoms with E-state index in [-0.39, 0.29) is 11.5 Å². The van der Waals surface area contributed by atoms with Crippen LogP contribution >= 0.6 is 0 Å². The van der Waals surface area contributed by atoms with Crippen molar-refractivity contribution < 1.29 is 4.74 Å². The fourth-order valence-corrected chi connectivity index (χ4v) is 2.15. The molecule has 0 radical (unpaired) electrons. The van der Waals surface area contributed by atoms with Crippen molar-refractivity contribution in [3.8, 4) is 5.75 Å². The number of nitrogens with two attached hydrogens (primary N) is 2. The molecule has 0 amide bonds. The second-order valence-electron chi connectivity index (χ2n) is 6.15. The van der Waals surface area contributed by atoms with Gasteiger partial charge in [-0.2, -0.15) is 0 Å². The summed E-state index contributed by atoms with van der Waals surface area (Å²) in [5, 5.41) is 0. The van der Waals surface area contributed by atoms with Crippen LogP contribution in [-0.4, -0.2) is 13.2 Å². The highest BCUT2D eigenvalue weighted by molar-refractivity contribution is 5.46. The molecule has 4 N–H and O–H groups in total. The molecule has 0 aliphatic heterocycles. The van der Waals surface area contributed by atoms with E-state index in [1.807, 2.05) is 0 Å². The van der Waals surface area contributed by atoms with Gasteiger partial charge in [-0.3, -0.25) is 0 Å². The Morgan fingerprint density at radius 1 is 1.26 bits per heavy atom. The van der Waals surface area contributed by atoms with Gasteiger partial charge in [0.1, 0.15) is 5.75 Å². The zero-order valence-electron chi connectivity index (χ0n) is 12.9. The van der Waals surface area contributed by atoms with Crippen molar-refractivity contribution >= 4 is 0 Å². The van der Waals surface area contributed by atoms with Crippen LogP contribution in [0.4, 0.5) is 0 Å². The first-order chi connectivity index (χ1) is 8.81. The molecule has 108 valence electrons. The number of benzene rings is 1. The van der Waals surface area contributed by atoms with Gasteiger partial charge in [-0.15, -0.1) is 0 Å². The summed E-state index contributed by atoms with van der Waals surface area (Å²) in [6, 6.07) is 4.14. The monoisotopic (exact) mass is 264 g/mol. The van der Waals surface area contributed by atoms with Crippen molar-refractivity contribution in [2.45, 2.75) is 52.5 Å². The van der Waals surface area contributed by atoms with E-state index in [0.717, 1.165) is 24.3 Å². The zero-order chi connectivity index (χ0) is 14.6. The first-order valence-electron chi connectivity index (χ1n) is 7.04. The molecule has 0 fully saturated rings. The van der Waals surface area contributed by atoms with Gasteiger partial charge in [0.15, 0.2) is 0 Å². The van der Waals surface area contributed by atoms with E-state index in [1.54, 1.807) is 0 Å². The lowest BCUT2D eigenvalue weighted by Gasteiger charge is -2.26. The Morgan fingerprint density at radius 3 is 2.37 bits per heavy atom. The van der Waals surface area contributed by atoms with Crippen molar-refractivity contribution in [2.75, 3.05) is 13.2 Å². The lowest BCUT2D eigenvalue weighted by Crippen LogP contribution is -2.23. The summed E-state index contributed by atoms with van der Waals surface area (Å²) < 4.78 is 5.91. The molecule has 0 heterocycles. The number of aryl methyl sites for hydroxylation is 1. The van der Waals surface area contributed by atoms with Crippen molar-refractivity contribution in [3.63, 3.8) is 0 Å². The molecule has 0 aliphatic rings. The maximum absolute atomic E-state index is 6.07. The van der Waals surface area contributed by atoms with Crippen molar-refractivity contribution in [1.29, 1.82) is 0 Å². The third-order valence-electron chi connectivity index (χ3n) is 3.29. The maximum Gasteiger partial charge on any atom is 0.123 e. The third-order valence-corrected chi connectivity index (χ3v) is 3.29. The van der Waals surface area contributed by atoms with E-state index in [9.17, 15) is 0 Å². The van der Waals surface area contributed by atoms with Gasteiger partial charge < -0.3 is 16.2 Å². The molecule has 0 bridgehead atoms. The Morgan fingerprint density at radius 2 is 1.89 bits per heavy atom. The molecule has 1 rings (SSSR count). The Kier molecular flexibility index (Phi) is 5.39. The van der Waals surface area contributed by atoms with Crippen LogP contribution in [0.3, 0.4) is 0 Å². The van der Waals surface area contributed by atoms with Crippen LogP contribution in [0.2, 0.25) is 0 Å². The molecule has 0 saturated heterocycles. The van der Waals surface area contributed by atoms with E-state index < -0.39 is 0 Å². The van der Waals surface area contributed by atoms with Gasteiger partial charge in [0.05, 0.1) is 6.61 Å². The van der Waals surface area contributed by atoms with Gasteiger partial charge in [-0.25, -0.2) is 0 Å². The summed E-state index contributed by atoms with van der Waals surface area (Å²) in [6.45, 7) is 12.0. The van der Waals surface area contributed by atoms with Crippen molar-refractivity contribution in [1.82, 2.24) is 0 Å². The largest absolute Gasteiger partial charge is 0.493 e. The third kappa shape index (κ3) is 3.95. The first-order valence-corrected chi connectivity index (χ1v) is 7.04. The molecule has 1 unspecified atom stereocenters. The van der Waals surface area contributed by atoms with Crippen molar-refractivity contribution in [2.24, 2.45) is 11.5 Å². The minimum Gasteiger partial charge on any atom is -0.493 e. The van der Waals surface area contributed by atoms with E-state index in [0.29, 0.717) is 6.54 Å². The number of hydrogen-bond donors (Lipinski definition) is 2. The Bertz CT molecular complexity index is 421. The quantitative estimate of drug-likeness (QED) is 0.859. The highest BCUT2D eigenvalue weighted by Gasteiger charge is 2.21. The van der Waals surface area contributed by atoms with Crippen LogP contribution in [-0.2, 0) is 5.41 Å². The summed E-state index contributed by atoms with van der Waals surface area (Å²) >= 11 is 0. The summed E-state index contributed by atoms with van der Waals surface area (Å²) in [7, 11) is 0. The fourth-order valence-electron chi connectivity index (χ4n) is 2.15. The van der Waals surface area contributed by atoms with E-state index in [4.69, 9.17) is 16.2 Å². The lowest BCUT2D eigenvalue weighted by molar-refractivity contribution is 0.308. The summed E-state index contributed by atoms with van der Waals surface area (Å²) in [5.41, 5.74) is 15.3. The number of hydrogen-bond acceptors (Lipinski definition) is 3. The van der Waals surface area contributed by atoms with Crippen LogP contribution < -0.4 is 16.2 Å². The van der Waals surface area contributed by atoms with Crippen LogP contribution in [0.5, 0.6) is 5.75 Å². The van der Waals surface area contributed by atoms with Gasteiger partial charge in [0, 0.05) is 12.6 Å². The average molecular weight is 264 g/mol. The minimum atomic E-state index is -0.127. The Balaban J connectivity index is 3.28. The standard InChI is InChI=1S/C16H28N2O/c1-6-7-19-15-9-12(14(18)10-17)11(2)8-13(15)16(3,4)5/h8-9,14H,6-7,10,17-18H2,1-5H3. The molecule has 1 aromatic carbocycles. The Labute approximate surface area is 117 Å². The molecular formula is C16H28N2O. The molecular weight excluding hydrogens is 236 g/mol. The molecule has 0 aliphatic carbocycles. The van der Waals surface area contributed by atoms with Crippen molar-refractivity contribution in [3.05, 3.63) is 28.8 Å². The second kappa shape index (κ2) is 6.40. The number of rotatable bonds is 5. The first kappa shape index (κ1) is 16.0. The maximum atomic E-state index is 6.07. The summed E-state index contributed by atoms with van der Waals surface area (Å²) in [5.74, 6) is 0.943. The molecule has 1 atom stereocenters. The summed E-state index contributed by atoms with van der Waals surface area (Å²) in [6.07, 6.45) is 0.996. The Hall–Kier alpha value is -1.06. The molecule has 0 saturated carbocycles. The molecule has 3 heteroatoms. The normalized spacial score (nSPS) is 13.4. The molecule has 0 aromatic heterocycles. The van der Waals surface area contributed by atoms with E-state index in [2.05, 4.69) is 46.8 Å². The summed E-state index contributed by atoms with van der Waals surface area (Å²) in [4.78, 5) is 0. The SMILES string of the molecule is CCCOc1cc(C(N)CN)c(C)cc1C(C)(C)C. The second-order valence-corrected chi connectivity index (χ2v) is 6.15. The van der Waals surface area contributed by atoms with Gasteiger partial charge in [0.25, 0.3) is 0 Å². The molecule has 1 aromatic rings. The lowest BCUT2D eigenvalue weighted by atomic mass is 9.83. The highest BCUT2D eigenvalue weighted by Crippen LogP contribution is 2.35. The molecule has 19 heavy (non-hydrogen) atoms. The average Bonchev–Trinajstić information content (AvgIpc) is 2.34. The van der Waals surface area contributed by atoms with Crippen LogP contribution in [0.1, 0.15) is 56.8 Å². The van der Waals surface area contributed by atoms with Gasteiger partial charge in [-0.1, -0.05) is 33.8 Å². The zero-order valence-corrected chi connectivity index (χ0v) is 12.9. The van der Waals surface area contributed by atoms with Crippen LogP contribution in [0.15, 0.2) is 12.1 Å². The van der Waals surface area contributed by atoms with Gasteiger partial charge in [0.2, 0.25) is 0 Å². The number of ether oxygens (including phenoxy) is 1. The van der Waals surface area contributed by atoms with E-state index in [1.165, 1.54) is 11.1 Å². The molecule has 3 nitrogen and oxygen atoms in total. The van der Waals surface area contributed by atoms with Gasteiger partial charge >= 0.3 is 0 Å². The van der Waals surface area contributed by atoms with Crippen LogP contribution in [0, 0.1) is 6.92 Å². The minimum absolute atomic E-state index is 0.0547. The highest BCUT2D eigenvalue weighted by atomic mass is 16.5. The predicted molar refractivity (Wildman–Crippen MR) is 81.6 cm³/mol. The fraction of sp³-hybridized carbons (Fsp3) is 0.625. The molecule has 0 spiro atoms. The topological polar surface area (TPSA) is 61.3 Å². The smallest absolute Gasteiger partial charge is 0.123 e. The predicted octanol–water partition coefficient (Wildman–Crippen LogP) is 3.04.